The first-order chi connectivity index (χ1) is 8.80. The van der Waals surface area contributed by atoms with Crippen LogP contribution in [0.15, 0.2) is 17.0 Å². The molecule has 0 aromatic heterocycles. The number of likely N-dealkylation sites (N-methyl/N-ethyl adjacent to an activating group) is 1. The van der Waals surface area contributed by atoms with Crippen molar-refractivity contribution in [1.82, 2.24) is 5.32 Å². The number of hydrogen-bond donors (Lipinski definition) is 1. The summed E-state index contributed by atoms with van der Waals surface area (Å²) < 4.78 is 5.54. The van der Waals surface area contributed by atoms with Crippen molar-refractivity contribution in [2.75, 3.05) is 19.4 Å². The Morgan fingerprint density at radius 1 is 1.33 bits per heavy atom. The normalized spacial score (nSPS) is 18.5. The maximum atomic E-state index is 5.54. The highest BCUT2D eigenvalue weighted by molar-refractivity contribution is 7.99. The highest BCUT2D eigenvalue weighted by Gasteiger charge is 2.23. The molecule has 1 unspecified atom stereocenters. The quantitative estimate of drug-likeness (QED) is 0.826. The average Bonchev–Trinajstić information content (AvgIpc) is 2.39. The van der Waals surface area contributed by atoms with Crippen LogP contribution in [-0.2, 0) is 12.8 Å². The fraction of sp³-hybridized carbons (Fsp3) is 0.600. The Labute approximate surface area is 114 Å². The smallest absolute Gasteiger partial charge is 0.122 e. The Hall–Kier alpha value is -0.670. The molecular weight excluding hydrogens is 242 g/mol. The van der Waals surface area contributed by atoms with Crippen LogP contribution in [0, 0.1) is 0 Å². The summed E-state index contributed by atoms with van der Waals surface area (Å²) in [5.41, 5.74) is 2.95. The van der Waals surface area contributed by atoms with Crippen molar-refractivity contribution >= 4 is 11.8 Å². The number of benzene rings is 1. The molecule has 100 valence electrons. The summed E-state index contributed by atoms with van der Waals surface area (Å²) in [5, 5.41) is 3.57. The fourth-order valence-corrected chi connectivity index (χ4v) is 3.63. The van der Waals surface area contributed by atoms with Gasteiger partial charge in [0.1, 0.15) is 5.75 Å². The lowest BCUT2D eigenvalue weighted by molar-refractivity contribution is 0.394. The van der Waals surface area contributed by atoms with E-state index in [4.69, 9.17) is 4.74 Å². The molecule has 3 heteroatoms. The zero-order valence-electron chi connectivity index (χ0n) is 11.6. The molecule has 0 bridgehead atoms. The van der Waals surface area contributed by atoms with Gasteiger partial charge in [0.25, 0.3) is 0 Å². The minimum absolute atomic E-state index is 0.610. The van der Waals surface area contributed by atoms with Crippen molar-refractivity contribution in [2.45, 2.75) is 44.0 Å². The van der Waals surface area contributed by atoms with E-state index in [0.717, 1.165) is 24.5 Å². The van der Waals surface area contributed by atoms with E-state index in [-0.39, 0.29) is 0 Å². The average molecular weight is 265 g/mol. The lowest BCUT2D eigenvalue weighted by Gasteiger charge is -2.28. The summed E-state index contributed by atoms with van der Waals surface area (Å²) in [5.74, 6) is 2.20. The lowest BCUT2D eigenvalue weighted by Crippen LogP contribution is -2.34. The maximum absolute atomic E-state index is 5.54. The maximum Gasteiger partial charge on any atom is 0.122 e. The highest BCUT2D eigenvalue weighted by Crippen LogP contribution is 2.36. The van der Waals surface area contributed by atoms with Gasteiger partial charge in [-0.05, 0) is 54.8 Å². The molecule has 0 saturated heterocycles. The third kappa shape index (κ3) is 2.83. The molecule has 18 heavy (non-hydrogen) atoms. The lowest BCUT2D eigenvalue weighted by atomic mass is 9.87. The van der Waals surface area contributed by atoms with Crippen LogP contribution in [0.4, 0.5) is 0 Å². The van der Waals surface area contributed by atoms with Crippen molar-refractivity contribution in [3.63, 3.8) is 0 Å². The molecular formula is C15H23NOS. The van der Waals surface area contributed by atoms with E-state index < -0.39 is 0 Å². The van der Waals surface area contributed by atoms with Crippen LogP contribution in [0.2, 0.25) is 0 Å². The minimum atomic E-state index is 0.610. The summed E-state index contributed by atoms with van der Waals surface area (Å²) in [7, 11) is 1.78. The van der Waals surface area contributed by atoms with Gasteiger partial charge in [0.2, 0.25) is 0 Å². The van der Waals surface area contributed by atoms with Gasteiger partial charge in [-0.2, -0.15) is 0 Å². The standard InChI is InChI=1S/C15H23NOS/c1-4-16-11-6-7-12-13(10-11)14(17-3)8-9-15(12)18-5-2/h8-9,11,16H,4-7,10H2,1-3H3. The number of thioether (sulfide) groups is 1. The minimum Gasteiger partial charge on any atom is -0.496 e. The number of ether oxygens (including phenoxy) is 1. The van der Waals surface area contributed by atoms with Gasteiger partial charge in [0, 0.05) is 10.9 Å². The van der Waals surface area contributed by atoms with Gasteiger partial charge in [-0.3, -0.25) is 0 Å². The van der Waals surface area contributed by atoms with E-state index in [1.807, 2.05) is 11.8 Å². The third-order valence-electron chi connectivity index (χ3n) is 3.55. The van der Waals surface area contributed by atoms with Crippen LogP contribution in [0.1, 0.15) is 31.4 Å². The predicted octanol–water partition coefficient (Wildman–Crippen LogP) is 3.27. The molecule has 2 rings (SSSR count). The predicted molar refractivity (Wildman–Crippen MR) is 78.9 cm³/mol. The van der Waals surface area contributed by atoms with Crippen LogP contribution >= 0.6 is 11.8 Å². The van der Waals surface area contributed by atoms with Gasteiger partial charge in [-0.25, -0.2) is 0 Å². The molecule has 0 radical (unpaired) electrons. The van der Waals surface area contributed by atoms with Crippen LogP contribution < -0.4 is 10.1 Å². The van der Waals surface area contributed by atoms with Gasteiger partial charge in [-0.1, -0.05) is 13.8 Å². The second-order valence-corrected chi connectivity index (χ2v) is 5.96. The first kappa shape index (κ1) is 13.8. The first-order valence-electron chi connectivity index (χ1n) is 6.85. The second-order valence-electron chi connectivity index (χ2n) is 4.65. The number of rotatable bonds is 5. The van der Waals surface area contributed by atoms with Crippen molar-refractivity contribution in [3.05, 3.63) is 23.3 Å². The molecule has 0 heterocycles. The Bertz CT molecular complexity index is 406. The van der Waals surface area contributed by atoms with E-state index in [0.29, 0.717) is 6.04 Å². The third-order valence-corrected chi connectivity index (χ3v) is 4.53. The van der Waals surface area contributed by atoms with Gasteiger partial charge in [0.15, 0.2) is 0 Å². The molecule has 0 aliphatic heterocycles. The van der Waals surface area contributed by atoms with Crippen molar-refractivity contribution in [2.24, 2.45) is 0 Å². The molecule has 1 aliphatic rings. The molecule has 1 atom stereocenters. The SMILES string of the molecule is CCNC1CCc2c(SCC)ccc(OC)c2C1. The Kier molecular flexibility index (Phi) is 4.95. The zero-order chi connectivity index (χ0) is 13.0. The van der Waals surface area contributed by atoms with Gasteiger partial charge >= 0.3 is 0 Å². The number of hydrogen-bond acceptors (Lipinski definition) is 3. The molecule has 0 spiro atoms. The number of fused-ring (bicyclic) bond motifs is 1. The first-order valence-corrected chi connectivity index (χ1v) is 7.83. The van der Waals surface area contributed by atoms with Crippen molar-refractivity contribution in [1.29, 1.82) is 0 Å². The topological polar surface area (TPSA) is 21.3 Å². The summed E-state index contributed by atoms with van der Waals surface area (Å²) in [6.45, 7) is 5.44. The molecule has 1 aromatic carbocycles. The second kappa shape index (κ2) is 6.48. The van der Waals surface area contributed by atoms with E-state index >= 15 is 0 Å². The van der Waals surface area contributed by atoms with Crippen LogP contribution in [0.25, 0.3) is 0 Å². The van der Waals surface area contributed by atoms with E-state index in [1.165, 1.54) is 28.9 Å². The van der Waals surface area contributed by atoms with E-state index in [2.05, 4.69) is 31.3 Å². The van der Waals surface area contributed by atoms with Crippen molar-refractivity contribution in [3.8, 4) is 5.75 Å². The summed E-state index contributed by atoms with van der Waals surface area (Å²) in [6, 6.07) is 4.96. The molecule has 1 aliphatic carbocycles. The van der Waals surface area contributed by atoms with E-state index in [1.54, 1.807) is 7.11 Å². The summed E-state index contributed by atoms with van der Waals surface area (Å²) in [6.07, 6.45) is 3.52. The molecule has 0 fully saturated rings. The summed E-state index contributed by atoms with van der Waals surface area (Å²) >= 11 is 1.95. The highest BCUT2D eigenvalue weighted by atomic mass is 32.2. The largest absolute Gasteiger partial charge is 0.496 e. The van der Waals surface area contributed by atoms with Gasteiger partial charge in [0.05, 0.1) is 7.11 Å². The zero-order valence-corrected chi connectivity index (χ0v) is 12.4. The molecule has 1 aromatic rings. The Balaban J connectivity index is 2.31. The van der Waals surface area contributed by atoms with Crippen molar-refractivity contribution < 1.29 is 4.74 Å². The molecule has 2 nitrogen and oxygen atoms in total. The summed E-state index contributed by atoms with van der Waals surface area (Å²) in [4.78, 5) is 1.45. The molecule has 1 N–H and O–H groups in total. The number of methoxy groups -OCH3 is 1. The van der Waals surface area contributed by atoms with Crippen LogP contribution in [0.5, 0.6) is 5.75 Å². The van der Waals surface area contributed by atoms with Crippen LogP contribution in [-0.4, -0.2) is 25.4 Å². The number of nitrogens with one attached hydrogen (secondary N) is 1. The fourth-order valence-electron chi connectivity index (χ4n) is 2.76. The Morgan fingerprint density at radius 3 is 2.83 bits per heavy atom. The molecule has 0 amide bonds. The van der Waals surface area contributed by atoms with E-state index in [9.17, 15) is 0 Å². The Morgan fingerprint density at radius 2 is 2.17 bits per heavy atom. The monoisotopic (exact) mass is 265 g/mol. The van der Waals surface area contributed by atoms with Gasteiger partial charge < -0.3 is 10.1 Å². The van der Waals surface area contributed by atoms with Crippen LogP contribution in [0.3, 0.4) is 0 Å². The molecule has 0 saturated carbocycles. The van der Waals surface area contributed by atoms with Gasteiger partial charge in [-0.15, -0.1) is 11.8 Å².